The summed E-state index contributed by atoms with van der Waals surface area (Å²) in [5.74, 6) is 0. The lowest BCUT2D eigenvalue weighted by molar-refractivity contribution is 0.0882. The zero-order valence-electron chi connectivity index (χ0n) is 7.95. The molecule has 0 aromatic heterocycles. The van der Waals surface area contributed by atoms with Gasteiger partial charge in [-0.25, -0.2) is 0 Å². The molecule has 4 nitrogen and oxygen atoms in total. The highest BCUT2D eigenvalue weighted by atomic mass is 79.9. The summed E-state index contributed by atoms with van der Waals surface area (Å²) in [6, 6.07) is 0. The molecule has 0 heterocycles. The molecule has 0 aromatic carbocycles. The van der Waals surface area contributed by atoms with E-state index in [0.717, 1.165) is 6.54 Å². The van der Waals surface area contributed by atoms with Gasteiger partial charge < -0.3 is 14.9 Å². The van der Waals surface area contributed by atoms with Gasteiger partial charge in [0.2, 0.25) is 0 Å². The molecule has 0 spiro atoms. The van der Waals surface area contributed by atoms with E-state index in [-0.39, 0.29) is 12.7 Å². The van der Waals surface area contributed by atoms with Crippen LogP contribution in [0.15, 0.2) is 0 Å². The lowest BCUT2D eigenvalue weighted by Crippen LogP contribution is -2.37. The first kappa shape index (κ1) is 13.3. The molecule has 0 fully saturated rings. The Kier molecular flexibility index (Phi) is 9.12. The average Bonchev–Trinajstić information content (AvgIpc) is 2.14. The minimum Gasteiger partial charge on any atom is -0.395 e. The first-order valence-corrected chi connectivity index (χ1v) is 5.43. The normalized spacial score (nSPS) is 13.6. The van der Waals surface area contributed by atoms with Crippen LogP contribution in [-0.4, -0.2) is 66.5 Å². The van der Waals surface area contributed by atoms with Crippen LogP contribution in [0.1, 0.15) is 0 Å². The summed E-state index contributed by atoms with van der Waals surface area (Å²) < 4.78 is 4.92. The van der Waals surface area contributed by atoms with Gasteiger partial charge in [0.25, 0.3) is 0 Å². The third-order valence-corrected chi connectivity index (χ3v) is 2.42. The van der Waals surface area contributed by atoms with E-state index in [4.69, 9.17) is 9.84 Å². The quantitative estimate of drug-likeness (QED) is 0.585. The number of aliphatic hydroxyl groups excluding tert-OH is 2. The Morgan fingerprint density at radius 3 is 2.62 bits per heavy atom. The summed E-state index contributed by atoms with van der Waals surface area (Å²) in [6.45, 7) is 2.61. The smallest absolute Gasteiger partial charge is 0.0763 e. The number of methoxy groups -OCH3 is 1. The van der Waals surface area contributed by atoms with Crippen molar-refractivity contribution in [3.63, 3.8) is 0 Å². The second-order valence-electron chi connectivity index (χ2n) is 2.83. The molecule has 13 heavy (non-hydrogen) atoms. The lowest BCUT2D eigenvalue weighted by Gasteiger charge is -2.22. The predicted octanol–water partition coefficient (Wildman–Crippen LogP) is -0.317. The molecule has 1 unspecified atom stereocenters. The largest absolute Gasteiger partial charge is 0.395 e. The zero-order valence-corrected chi connectivity index (χ0v) is 9.53. The van der Waals surface area contributed by atoms with Crippen LogP contribution in [0.4, 0.5) is 0 Å². The first-order chi connectivity index (χ1) is 6.24. The highest BCUT2D eigenvalue weighted by Crippen LogP contribution is 1.96. The van der Waals surface area contributed by atoms with Gasteiger partial charge in [-0.2, -0.15) is 0 Å². The molecule has 2 N–H and O–H groups in total. The van der Waals surface area contributed by atoms with Crippen LogP contribution in [0.3, 0.4) is 0 Å². The van der Waals surface area contributed by atoms with Crippen LogP contribution in [0.5, 0.6) is 0 Å². The molecule has 5 heteroatoms. The van der Waals surface area contributed by atoms with Crippen molar-refractivity contribution in [2.45, 2.75) is 6.10 Å². The van der Waals surface area contributed by atoms with Crippen LogP contribution in [-0.2, 0) is 4.74 Å². The number of ether oxygens (including phenoxy) is 1. The van der Waals surface area contributed by atoms with Crippen molar-refractivity contribution in [3.8, 4) is 0 Å². The Bertz CT molecular complexity index is 116. The Labute approximate surface area is 87.6 Å². The van der Waals surface area contributed by atoms with Crippen molar-refractivity contribution in [1.82, 2.24) is 4.90 Å². The predicted molar refractivity (Wildman–Crippen MR) is 55.2 cm³/mol. The monoisotopic (exact) mass is 255 g/mol. The maximum Gasteiger partial charge on any atom is 0.0763 e. The molecule has 0 aliphatic heterocycles. The van der Waals surface area contributed by atoms with Gasteiger partial charge in [0.15, 0.2) is 0 Å². The molecule has 0 aliphatic carbocycles. The molecule has 80 valence electrons. The summed E-state index contributed by atoms with van der Waals surface area (Å²) >= 11 is 3.19. The van der Waals surface area contributed by atoms with E-state index in [0.29, 0.717) is 25.0 Å². The number of aliphatic hydroxyl groups is 2. The van der Waals surface area contributed by atoms with Crippen LogP contribution in [0.25, 0.3) is 0 Å². The second-order valence-corrected chi connectivity index (χ2v) is 3.47. The van der Waals surface area contributed by atoms with E-state index in [1.165, 1.54) is 0 Å². The van der Waals surface area contributed by atoms with Gasteiger partial charge in [0.05, 0.1) is 19.3 Å². The first-order valence-electron chi connectivity index (χ1n) is 4.30. The minimum absolute atomic E-state index is 0.110. The molecule has 0 radical (unpaired) electrons. The molecule has 0 aliphatic rings. The van der Waals surface area contributed by atoms with E-state index in [9.17, 15) is 5.11 Å². The van der Waals surface area contributed by atoms with Crippen molar-refractivity contribution >= 4 is 15.9 Å². The zero-order chi connectivity index (χ0) is 10.1. The summed E-state index contributed by atoms with van der Waals surface area (Å²) in [4.78, 5) is 1.97. The molecular formula is C8H18BrNO3. The van der Waals surface area contributed by atoms with Gasteiger partial charge in [-0.05, 0) is 0 Å². The van der Waals surface area contributed by atoms with E-state index >= 15 is 0 Å². The van der Waals surface area contributed by atoms with Gasteiger partial charge in [0, 0.05) is 32.1 Å². The third kappa shape index (κ3) is 7.40. The lowest BCUT2D eigenvalue weighted by atomic mass is 10.3. The van der Waals surface area contributed by atoms with Crippen molar-refractivity contribution < 1.29 is 14.9 Å². The maximum atomic E-state index is 9.34. The Morgan fingerprint density at radius 1 is 1.46 bits per heavy atom. The SMILES string of the molecule is COCCN(CCO)CC(O)CBr. The Morgan fingerprint density at radius 2 is 2.15 bits per heavy atom. The highest BCUT2D eigenvalue weighted by molar-refractivity contribution is 9.09. The standard InChI is InChI=1S/C8H18BrNO3/c1-13-5-3-10(2-4-11)7-8(12)6-9/h8,11-12H,2-7H2,1H3. The number of hydrogen-bond acceptors (Lipinski definition) is 4. The number of nitrogens with zero attached hydrogens (tertiary/aromatic N) is 1. The van der Waals surface area contributed by atoms with Gasteiger partial charge in [-0.1, -0.05) is 15.9 Å². The molecule has 0 amide bonds. The van der Waals surface area contributed by atoms with E-state index in [1.807, 2.05) is 4.90 Å². The van der Waals surface area contributed by atoms with Crippen molar-refractivity contribution in [1.29, 1.82) is 0 Å². The number of rotatable bonds is 8. The molecule has 1 atom stereocenters. The summed E-state index contributed by atoms with van der Waals surface area (Å²) in [5, 5.41) is 18.6. The van der Waals surface area contributed by atoms with Gasteiger partial charge in [0.1, 0.15) is 0 Å². The number of hydrogen-bond donors (Lipinski definition) is 2. The van der Waals surface area contributed by atoms with Crippen LogP contribution >= 0.6 is 15.9 Å². The fourth-order valence-electron chi connectivity index (χ4n) is 1.00. The van der Waals surface area contributed by atoms with Gasteiger partial charge in [-0.3, -0.25) is 4.90 Å². The summed E-state index contributed by atoms with van der Waals surface area (Å²) in [5.41, 5.74) is 0. The van der Waals surface area contributed by atoms with E-state index in [2.05, 4.69) is 15.9 Å². The Hall–Kier alpha value is 0.320. The topological polar surface area (TPSA) is 52.9 Å². The Balaban J connectivity index is 3.65. The molecule has 0 aromatic rings. The van der Waals surface area contributed by atoms with Gasteiger partial charge >= 0.3 is 0 Å². The van der Waals surface area contributed by atoms with E-state index < -0.39 is 0 Å². The number of halogens is 1. The van der Waals surface area contributed by atoms with E-state index in [1.54, 1.807) is 7.11 Å². The fourth-order valence-corrected chi connectivity index (χ4v) is 1.21. The number of alkyl halides is 1. The molecule has 0 saturated heterocycles. The molecule has 0 bridgehead atoms. The summed E-state index contributed by atoms with van der Waals surface area (Å²) in [6.07, 6.45) is -0.386. The average molecular weight is 256 g/mol. The van der Waals surface area contributed by atoms with Crippen molar-refractivity contribution in [2.24, 2.45) is 0 Å². The van der Waals surface area contributed by atoms with Crippen molar-refractivity contribution in [3.05, 3.63) is 0 Å². The maximum absolute atomic E-state index is 9.34. The third-order valence-electron chi connectivity index (χ3n) is 1.67. The second kappa shape index (κ2) is 8.90. The fraction of sp³-hybridized carbons (Fsp3) is 1.00. The minimum atomic E-state index is -0.386. The molecule has 0 rings (SSSR count). The molecular weight excluding hydrogens is 238 g/mol. The summed E-state index contributed by atoms with van der Waals surface area (Å²) in [7, 11) is 1.64. The van der Waals surface area contributed by atoms with Crippen LogP contribution in [0, 0.1) is 0 Å². The van der Waals surface area contributed by atoms with Crippen molar-refractivity contribution in [2.75, 3.05) is 45.3 Å². The van der Waals surface area contributed by atoms with Gasteiger partial charge in [-0.15, -0.1) is 0 Å². The van der Waals surface area contributed by atoms with Crippen LogP contribution < -0.4 is 0 Å². The van der Waals surface area contributed by atoms with Crippen LogP contribution in [0.2, 0.25) is 0 Å². The molecule has 0 saturated carbocycles. The highest BCUT2D eigenvalue weighted by Gasteiger charge is 2.09.